The first-order chi connectivity index (χ1) is 7.27. The molecule has 15 heavy (non-hydrogen) atoms. The molecule has 2 rings (SSSR count). The number of nitrogens with two attached hydrogens (primary N) is 1. The van der Waals surface area contributed by atoms with E-state index in [0.29, 0.717) is 0 Å². The molecule has 0 saturated carbocycles. The quantitative estimate of drug-likeness (QED) is 0.735. The second-order valence-electron chi connectivity index (χ2n) is 3.70. The number of aryl methyl sites for hydroxylation is 1. The first kappa shape index (κ1) is 9.99. The molecule has 0 amide bonds. The lowest BCUT2D eigenvalue weighted by Gasteiger charge is -2.04. The number of hydrogen-bond acceptors (Lipinski definition) is 1. The molecule has 1 heterocycles. The van der Waals surface area contributed by atoms with Crippen LogP contribution in [-0.2, 0) is 6.42 Å². The van der Waals surface area contributed by atoms with E-state index in [4.69, 9.17) is 5.73 Å². The highest BCUT2D eigenvalue weighted by atomic mass is 14.7. The molecule has 1 aromatic heterocycles. The minimum absolute atomic E-state index is 0.0918. The van der Waals surface area contributed by atoms with Crippen molar-refractivity contribution in [3.05, 3.63) is 48.2 Å². The van der Waals surface area contributed by atoms with Crippen LogP contribution in [0.2, 0.25) is 0 Å². The van der Waals surface area contributed by atoms with E-state index >= 15 is 0 Å². The maximum atomic E-state index is 5.96. The third-order valence-corrected chi connectivity index (χ3v) is 2.83. The van der Waals surface area contributed by atoms with Crippen LogP contribution in [0.5, 0.6) is 0 Å². The van der Waals surface area contributed by atoms with Crippen LogP contribution >= 0.6 is 0 Å². The van der Waals surface area contributed by atoms with Crippen molar-refractivity contribution in [2.75, 3.05) is 0 Å². The Morgan fingerprint density at radius 1 is 1.53 bits per heavy atom. The van der Waals surface area contributed by atoms with E-state index in [2.05, 4.69) is 36.7 Å². The van der Waals surface area contributed by atoms with E-state index in [9.17, 15) is 0 Å². The van der Waals surface area contributed by atoms with Gasteiger partial charge < -0.3 is 10.7 Å². The highest BCUT2D eigenvalue weighted by molar-refractivity contribution is 5.86. The van der Waals surface area contributed by atoms with Gasteiger partial charge in [0.15, 0.2) is 0 Å². The van der Waals surface area contributed by atoms with Gasteiger partial charge in [0.05, 0.1) is 0 Å². The van der Waals surface area contributed by atoms with Gasteiger partial charge in [-0.1, -0.05) is 31.2 Å². The summed E-state index contributed by atoms with van der Waals surface area (Å²) in [4.78, 5) is 3.30. The van der Waals surface area contributed by atoms with Crippen LogP contribution in [0.3, 0.4) is 0 Å². The largest absolute Gasteiger partial charge is 0.361 e. The molecule has 2 aromatic rings. The van der Waals surface area contributed by atoms with E-state index < -0.39 is 0 Å². The molecule has 1 unspecified atom stereocenters. The van der Waals surface area contributed by atoms with Crippen molar-refractivity contribution in [3.8, 4) is 0 Å². The third kappa shape index (κ3) is 1.57. The molecule has 1 atom stereocenters. The topological polar surface area (TPSA) is 41.8 Å². The summed E-state index contributed by atoms with van der Waals surface area (Å²) in [6, 6.07) is 6.23. The number of fused-ring (bicyclic) bond motifs is 1. The van der Waals surface area contributed by atoms with E-state index in [-0.39, 0.29) is 6.04 Å². The fraction of sp³-hybridized carbons (Fsp3) is 0.231. The molecule has 78 valence electrons. The molecular formula is C13H16N2. The first-order valence-corrected chi connectivity index (χ1v) is 5.25. The van der Waals surface area contributed by atoms with Crippen LogP contribution in [0.1, 0.15) is 24.1 Å². The molecule has 0 aliphatic carbocycles. The van der Waals surface area contributed by atoms with Gasteiger partial charge in [-0.15, -0.1) is 6.58 Å². The molecule has 0 saturated heterocycles. The van der Waals surface area contributed by atoms with Gasteiger partial charge in [0.1, 0.15) is 0 Å². The van der Waals surface area contributed by atoms with E-state index in [1.807, 2.05) is 6.20 Å². The molecule has 3 N–H and O–H groups in total. The van der Waals surface area contributed by atoms with Crippen molar-refractivity contribution in [3.63, 3.8) is 0 Å². The van der Waals surface area contributed by atoms with E-state index in [0.717, 1.165) is 12.0 Å². The number of nitrogens with one attached hydrogen (secondary N) is 1. The van der Waals surface area contributed by atoms with Gasteiger partial charge >= 0.3 is 0 Å². The van der Waals surface area contributed by atoms with Gasteiger partial charge in [-0.2, -0.15) is 0 Å². The van der Waals surface area contributed by atoms with Gasteiger partial charge in [0.2, 0.25) is 0 Å². The number of para-hydroxylation sites is 1. The summed E-state index contributed by atoms with van der Waals surface area (Å²) in [5.74, 6) is 0. The Bertz CT molecular complexity index is 482. The average molecular weight is 200 g/mol. The van der Waals surface area contributed by atoms with Crippen LogP contribution in [0.25, 0.3) is 10.9 Å². The fourth-order valence-corrected chi connectivity index (χ4v) is 1.94. The predicted molar refractivity (Wildman–Crippen MR) is 64.8 cm³/mol. The van der Waals surface area contributed by atoms with Crippen LogP contribution < -0.4 is 5.73 Å². The number of hydrogen-bond donors (Lipinski definition) is 2. The number of H-pyrrole nitrogens is 1. The molecule has 1 aromatic carbocycles. The normalized spacial score (nSPS) is 12.9. The van der Waals surface area contributed by atoms with Gasteiger partial charge in [-0.3, -0.25) is 0 Å². The first-order valence-electron chi connectivity index (χ1n) is 5.25. The van der Waals surface area contributed by atoms with Crippen LogP contribution in [0.4, 0.5) is 0 Å². The zero-order valence-electron chi connectivity index (χ0n) is 8.96. The molecule has 0 aliphatic rings. The fourth-order valence-electron chi connectivity index (χ4n) is 1.94. The van der Waals surface area contributed by atoms with Crippen molar-refractivity contribution >= 4 is 10.9 Å². The summed E-state index contributed by atoms with van der Waals surface area (Å²) < 4.78 is 0. The number of aromatic amines is 1. The van der Waals surface area contributed by atoms with Crippen molar-refractivity contribution in [2.45, 2.75) is 19.4 Å². The zero-order chi connectivity index (χ0) is 10.8. The third-order valence-electron chi connectivity index (χ3n) is 2.83. The molecule has 0 aliphatic heterocycles. The summed E-state index contributed by atoms with van der Waals surface area (Å²) in [6.07, 6.45) is 4.78. The van der Waals surface area contributed by atoms with Crippen molar-refractivity contribution < 1.29 is 0 Å². The van der Waals surface area contributed by atoms with E-state index in [1.165, 1.54) is 16.5 Å². The van der Waals surface area contributed by atoms with Crippen molar-refractivity contribution in [2.24, 2.45) is 5.73 Å². The minimum atomic E-state index is -0.0918. The summed E-state index contributed by atoms with van der Waals surface area (Å²) in [5.41, 5.74) is 9.61. The second kappa shape index (κ2) is 3.91. The lowest BCUT2D eigenvalue weighted by Crippen LogP contribution is -2.05. The molecular weight excluding hydrogens is 184 g/mol. The summed E-state index contributed by atoms with van der Waals surface area (Å²) in [5, 5.41) is 1.21. The second-order valence-corrected chi connectivity index (χ2v) is 3.70. The lowest BCUT2D eigenvalue weighted by atomic mass is 10.0. The smallest absolute Gasteiger partial charge is 0.0499 e. The highest BCUT2D eigenvalue weighted by Gasteiger charge is 2.09. The zero-order valence-corrected chi connectivity index (χ0v) is 8.96. The Morgan fingerprint density at radius 2 is 2.33 bits per heavy atom. The van der Waals surface area contributed by atoms with Crippen LogP contribution in [0, 0.1) is 0 Å². The van der Waals surface area contributed by atoms with Gasteiger partial charge in [-0.05, 0) is 17.5 Å². The maximum Gasteiger partial charge on any atom is 0.0499 e. The summed E-state index contributed by atoms with van der Waals surface area (Å²) >= 11 is 0. The maximum absolute atomic E-state index is 5.96. The lowest BCUT2D eigenvalue weighted by molar-refractivity contribution is 0.924. The summed E-state index contributed by atoms with van der Waals surface area (Å²) in [7, 11) is 0. The van der Waals surface area contributed by atoms with Crippen LogP contribution in [-0.4, -0.2) is 4.98 Å². The molecule has 0 spiro atoms. The number of aromatic nitrogens is 1. The SMILES string of the molecule is C=CC(N)c1c[nH]c2c(CC)cccc12. The van der Waals surface area contributed by atoms with Crippen LogP contribution in [0.15, 0.2) is 37.1 Å². The van der Waals surface area contributed by atoms with Crippen molar-refractivity contribution in [1.29, 1.82) is 0 Å². The standard InChI is InChI=1S/C13H16N2/c1-3-9-6-5-7-10-11(12(14)4-2)8-15-13(9)10/h4-8,12,15H,2-3,14H2,1H3. The predicted octanol–water partition coefficient (Wildman–Crippen LogP) is 2.92. The molecule has 2 heteroatoms. The Kier molecular flexibility index (Phi) is 2.60. The monoisotopic (exact) mass is 200 g/mol. The van der Waals surface area contributed by atoms with Gasteiger partial charge in [-0.25, -0.2) is 0 Å². The average Bonchev–Trinajstić information content (AvgIpc) is 2.71. The van der Waals surface area contributed by atoms with E-state index in [1.54, 1.807) is 6.08 Å². The van der Waals surface area contributed by atoms with Crippen molar-refractivity contribution in [1.82, 2.24) is 4.98 Å². The Labute approximate surface area is 89.8 Å². The number of benzene rings is 1. The Morgan fingerprint density at radius 3 is 3.00 bits per heavy atom. The van der Waals surface area contributed by atoms with Gasteiger partial charge in [0.25, 0.3) is 0 Å². The molecule has 0 radical (unpaired) electrons. The summed E-state index contributed by atoms with van der Waals surface area (Å²) in [6.45, 7) is 5.88. The molecule has 0 bridgehead atoms. The molecule has 0 fully saturated rings. The van der Waals surface area contributed by atoms with Gasteiger partial charge in [0, 0.05) is 23.1 Å². The Hall–Kier alpha value is -1.54. The Balaban J connectivity index is 2.65. The molecule has 2 nitrogen and oxygen atoms in total. The minimum Gasteiger partial charge on any atom is -0.361 e. The number of rotatable bonds is 3. The highest BCUT2D eigenvalue weighted by Crippen LogP contribution is 2.25.